The van der Waals surface area contributed by atoms with Crippen molar-refractivity contribution in [2.75, 3.05) is 6.61 Å². The van der Waals surface area contributed by atoms with Crippen LogP contribution in [0, 0.1) is 0 Å². The molecule has 0 saturated heterocycles. The summed E-state index contributed by atoms with van der Waals surface area (Å²) in [5.41, 5.74) is 8.61. The summed E-state index contributed by atoms with van der Waals surface area (Å²) in [6.07, 6.45) is 5.29. The average Bonchev–Trinajstić information content (AvgIpc) is 2.35. The molecular formula is C16H25NO. The van der Waals surface area contributed by atoms with Crippen molar-refractivity contribution >= 4 is 0 Å². The van der Waals surface area contributed by atoms with Gasteiger partial charge in [0.2, 0.25) is 0 Å². The van der Waals surface area contributed by atoms with E-state index in [0.29, 0.717) is 6.61 Å². The highest BCUT2D eigenvalue weighted by molar-refractivity contribution is 5.13. The Morgan fingerprint density at radius 2 is 1.94 bits per heavy atom. The molecule has 2 heteroatoms. The summed E-state index contributed by atoms with van der Waals surface area (Å²) >= 11 is 0. The maximum atomic E-state index is 6.03. The van der Waals surface area contributed by atoms with Crippen molar-refractivity contribution in [3.8, 4) is 0 Å². The number of benzene rings is 1. The lowest BCUT2D eigenvalue weighted by Gasteiger charge is -2.10. The van der Waals surface area contributed by atoms with E-state index < -0.39 is 0 Å². The quantitative estimate of drug-likeness (QED) is 0.562. The molecule has 1 atom stereocenters. The van der Waals surface area contributed by atoms with Crippen molar-refractivity contribution in [1.29, 1.82) is 0 Å². The third-order valence-electron chi connectivity index (χ3n) is 2.83. The predicted octanol–water partition coefficient (Wildman–Crippen LogP) is 3.67. The first-order valence-electron chi connectivity index (χ1n) is 6.69. The summed E-state index contributed by atoms with van der Waals surface area (Å²) in [7, 11) is 0. The van der Waals surface area contributed by atoms with Gasteiger partial charge < -0.3 is 10.5 Å². The molecule has 0 saturated carbocycles. The topological polar surface area (TPSA) is 35.2 Å². The molecule has 18 heavy (non-hydrogen) atoms. The van der Waals surface area contributed by atoms with Gasteiger partial charge in [-0.1, -0.05) is 42.0 Å². The molecule has 0 aromatic heterocycles. The molecule has 2 nitrogen and oxygen atoms in total. The van der Waals surface area contributed by atoms with E-state index in [2.05, 4.69) is 32.1 Å². The van der Waals surface area contributed by atoms with Gasteiger partial charge in [-0.05, 0) is 38.7 Å². The van der Waals surface area contributed by atoms with Gasteiger partial charge in [0.25, 0.3) is 0 Å². The zero-order valence-electron chi connectivity index (χ0n) is 11.6. The van der Waals surface area contributed by atoms with E-state index in [1.807, 2.05) is 18.2 Å². The van der Waals surface area contributed by atoms with E-state index in [1.165, 1.54) is 11.1 Å². The fourth-order valence-corrected chi connectivity index (χ4v) is 1.73. The molecule has 100 valence electrons. The van der Waals surface area contributed by atoms with Crippen molar-refractivity contribution < 1.29 is 4.74 Å². The molecule has 0 aliphatic heterocycles. The molecule has 0 amide bonds. The van der Waals surface area contributed by atoms with Crippen LogP contribution in [0.3, 0.4) is 0 Å². The largest absolute Gasteiger partial charge is 0.377 e. The fraction of sp³-hybridized carbons (Fsp3) is 0.500. The van der Waals surface area contributed by atoms with Crippen LogP contribution >= 0.6 is 0 Å². The van der Waals surface area contributed by atoms with Gasteiger partial charge in [0, 0.05) is 12.6 Å². The highest BCUT2D eigenvalue weighted by Crippen LogP contribution is 2.05. The van der Waals surface area contributed by atoms with E-state index in [4.69, 9.17) is 10.5 Å². The number of hydrogen-bond acceptors (Lipinski definition) is 2. The first-order chi connectivity index (χ1) is 8.68. The monoisotopic (exact) mass is 247 g/mol. The van der Waals surface area contributed by atoms with Gasteiger partial charge in [0.1, 0.15) is 0 Å². The van der Waals surface area contributed by atoms with E-state index in [9.17, 15) is 0 Å². The van der Waals surface area contributed by atoms with Crippen LogP contribution in [-0.2, 0) is 11.3 Å². The van der Waals surface area contributed by atoms with Crippen LogP contribution in [0.4, 0.5) is 0 Å². The Morgan fingerprint density at radius 1 is 1.22 bits per heavy atom. The SMILES string of the molecule is CC(C)=CCCC(N)CCOCc1ccccc1. The lowest BCUT2D eigenvalue weighted by molar-refractivity contribution is 0.113. The minimum Gasteiger partial charge on any atom is -0.377 e. The molecule has 0 bridgehead atoms. The maximum Gasteiger partial charge on any atom is 0.0716 e. The number of allylic oxidation sites excluding steroid dienone is 2. The Balaban J connectivity index is 2.05. The van der Waals surface area contributed by atoms with Crippen LogP contribution in [0.15, 0.2) is 42.0 Å². The van der Waals surface area contributed by atoms with E-state index in [1.54, 1.807) is 0 Å². The highest BCUT2D eigenvalue weighted by Gasteiger charge is 2.01. The zero-order valence-corrected chi connectivity index (χ0v) is 11.6. The van der Waals surface area contributed by atoms with Gasteiger partial charge >= 0.3 is 0 Å². The van der Waals surface area contributed by atoms with Gasteiger partial charge in [-0.2, -0.15) is 0 Å². The molecule has 0 radical (unpaired) electrons. The Kier molecular flexibility index (Phi) is 7.38. The van der Waals surface area contributed by atoms with Crippen molar-refractivity contribution in [3.63, 3.8) is 0 Å². The van der Waals surface area contributed by atoms with Crippen LogP contribution in [-0.4, -0.2) is 12.6 Å². The fourth-order valence-electron chi connectivity index (χ4n) is 1.73. The molecule has 1 unspecified atom stereocenters. The van der Waals surface area contributed by atoms with Gasteiger partial charge in [-0.15, -0.1) is 0 Å². The smallest absolute Gasteiger partial charge is 0.0716 e. The lowest BCUT2D eigenvalue weighted by atomic mass is 10.1. The van der Waals surface area contributed by atoms with Crippen LogP contribution in [0.5, 0.6) is 0 Å². The second-order valence-corrected chi connectivity index (χ2v) is 4.95. The molecule has 0 aliphatic carbocycles. The van der Waals surface area contributed by atoms with Crippen molar-refractivity contribution in [2.24, 2.45) is 5.73 Å². The summed E-state index contributed by atoms with van der Waals surface area (Å²) in [6.45, 7) is 5.66. The standard InChI is InChI=1S/C16H25NO/c1-14(2)7-6-10-16(17)11-12-18-13-15-8-4-3-5-9-15/h3-5,7-9,16H,6,10-13,17H2,1-2H3. The van der Waals surface area contributed by atoms with Crippen molar-refractivity contribution in [1.82, 2.24) is 0 Å². The number of ether oxygens (including phenoxy) is 1. The third-order valence-corrected chi connectivity index (χ3v) is 2.83. The molecular weight excluding hydrogens is 222 g/mol. The van der Waals surface area contributed by atoms with Gasteiger partial charge in [0.15, 0.2) is 0 Å². The molecule has 0 spiro atoms. The molecule has 0 aliphatic rings. The van der Waals surface area contributed by atoms with E-state index in [0.717, 1.165) is 25.9 Å². The minimum atomic E-state index is 0.247. The highest BCUT2D eigenvalue weighted by atomic mass is 16.5. The predicted molar refractivity (Wildman–Crippen MR) is 77.4 cm³/mol. The Labute approximate surface area is 111 Å². The Bertz CT molecular complexity index is 341. The lowest BCUT2D eigenvalue weighted by Crippen LogP contribution is -2.21. The van der Waals surface area contributed by atoms with E-state index in [-0.39, 0.29) is 6.04 Å². The molecule has 2 N–H and O–H groups in total. The Hall–Kier alpha value is -1.12. The number of rotatable bonds is 8. The summed E-state index contributed by atoms with van der Waals surface area (Å²) < 4.78 is 5.62. The normalized spacial score (nSPS) is 12.2. The number of nitrogens with two attached hydrogens (primary N) is 1. The molecule has 1 rings (SSSR count). The third kappa shape index (κ3) is 7.25. The van der Waals surface area contributed by atoms with E-state index >= 15 is 0 Å². The minimum absolute atomic E-state index is 0.247. The van der Waals surface area contributed by atoms with Crippen molar-refractivity contribution in [2.45, 2.75) is 45.8 Å². The first kappa shape index (κ1) is 14.9. The second-order valence-electron chi connectivity index (χ2n) is 4.95. The molecule has 1 aromatic rings. The maximum absolute atomic E-state index is 6.03. The molecule has 1 aromatic carbocycles. The van der Waals surface area contributed by atoms with Crippen LogP contribution in [0.25, 0.3) is 0 Å². The Morgan fingerprint density at radius 3 is 2.61 bits per heavy atom. The summed E-state index contributed by atoms with van der Waals surface area (Å²) in [4.78, 5) is 0. The summed E-state index contributed by atoms with van der Waals surface area (Å²) in [5.74, 6) is 0. The van der Waals surface area contributed by atoms with Crippen molar-refractivity contribution in [3.05, 3.63) is 47.5 Å². The van der Waals surface area contributed by atoms with Crippen LogP contribution in [0.1, 0.15) is 38.7 Å². The average molecular weight is 247 g/mol. The van der Waals surface area contributed by atoms with Crippen LogP contribution in [0.2, 0.25) is 0 Å². The van der Waals surface area contributed by atoms with Gasteiger partial charge in [-0.3, -0.25) is 0 Å². The van der Waals surface area contributed by atoms with Gasteiger partial charge in [0.05, 0.1) is 6.61 Å². The summed E-state index contributed by atoms with van der Waals surface area (Å²) in [6, 6.07) is 10.5. The second kappa shape index (κ2) is 8.90. The number of hydrogen-bond donors (Lipinski definition) is 1. The van der Waals surface area contributed by atoms with Crippen LogP contribution < -0.4 is 5.73 Å². The zero-order chi connectivity index (χ0) is 13.2. The molecule has 0 fully saturated rings. The molecule has 0 heterocycles. The first-order valence-corrected chi connectivity index (χ1v) is 6.69. The summed E-state index contributed by atoms with van der Waals surface area (Å²) in [5, 5.41) is 0. The van der Waals surface area contributed by atoms with Gasteiger partial charge in [-0.25, -0.2) is 0 Å².